The van der Waals surface area contributed by atoms with E-state index in [1.807, 2.05) is 24.4 Å². The van der Waals surface area contributed by atoms with Crippen molar-refractivity contribution in [3.8, 4) is 39.6 Å². The van der Waals surface area contributed by atoms with E-state index in [2.05, 4.69) is 205 Å². The van der Waals surface area contributed by atoms with Gasteiger partial charge in [0.2, 0.25) is 0 Å². The molecule has 0 atom stereocenters. The van der Waals surface area contributed by atoms with Crippen LogP contribution in [-0.2, 0) is 26.5 Å². The molecule has 1 aliphatic heterocycles. The molecule has 59 heavy (non-hydrogen) atoms. The van der Waals surface area contributed by atoms with Gasteiger partial charge in [0.25, 0.3) is 0 Å². The van der Waals surface area contributed by atoms with Gasteiger partial charge in [-0.15, -0.1) is 41.4 Å². The molecule has 0 aliphatic carbocycles. The minimum Gasteiger partial charge on any atom is -0.511 e. The largest absolute Gasteiger partial charge is 0.511 e. The first kappa shape index (κ1) is 38.1. The van der Waals surface area contributed by atoms with Crippen molar-refractivity contribution in [1.29, 1.82) is 0 Å². The number of hydrogen-bond donors (Lipinski definition) is 0. The second-order valence-electron chi connectivity index (χ2n) is 15.7. The number of hydrogen-bond acceptors (Lipinski definition) is 4. The summed E-state index contributed by atoms with van der Waals surface area (Å²) in [5, 5.41) is 2.24. The average molecular weight is 945 g/mol. The molecule has 0 fully saturated rings. The Bertz CT molecular complexity index is 2880. The minimum absolute atomic E-state index is 0. The van der Waals surface area contributed by atoms with Gasteiger partial charge in [0.15, 0.2) is 0 Å². The molecule has 2 aromatic heterocycles. The summed E-state index contributed by atoms with van der Waals surface area (Å²) < 4.78 is 8.79. The molecule has 3 heterocycles. The smallest absolute Gasteiger partial charge is 0.135 e. The van der Waals surface area contributed by atoms with E-state index in [4.69, 9.17) is 9.72 Å². The zero-order valence-corrected chi connectivity index (χ0v) is 35.3. The standard InChI is InChI=1S/C53H41N4O.Pt/c1-53(2,3)39-30-31-54-51(34-39)57-47-25-11-10-22-45(47)46-29-28-42(36-50(46)57)58-41-21-14-20-40(35-41)55-32-33-56(49-27-13-12-26-48(49)55)52-43(37-16-6-4-7-17-37)23-15-24-44(52)38-18-8-5-9-19-38;/h4-32,34H,33H2,1-3H3;/q-3;. The summed E-state index contributed by atoms with van der Waals surface area (Å²) in [4.78, 5) is 9.50. The van der Waals surface area contributed by atoms with Crippen LogP contribution in [0.4, 0.5) is 22.7 Å². The van der Waals surface area contributed by atoms with Gasteiger partial charge in [-0.05, 0) is 57.8 Å². The summed E-state index contributed by atoms with van der Waals surface area (Å²) >= 11 is 0. The van der Waals surface area contributed by atoms with E-state index in [1.54, 1.807) is 0 Å². The molecule has 9 aromatic rings. The number of aromatic nitrogens is 2. The van der Waals surface area contributed by atoms with Crippen LogP contribution >= 0.6 is 0 Å². The second kappa shape index (κ2) is 15.7. The first-order chi connectivity index (χ1) is 28.4. The fourth-order valence-electron chi connectivity index (χ4n) is 8.17. The Morgan fingerprint density at radius 3 is 1.98 bits per heavy atom. The summed E-state index contributed by atoms with van der Waals surface area (Å²) in [5.41, 5.74) is 12.2. The molecule has 0 radical (unpaired) electrons. The third-order valence-corrected chi connectivity index (χ3v) is 11.0. The third-order valence-electron chi connectivity index (χ3n) is 11.0. The Kier molecular flexibility index (Phi) is 10.2. The number of ether oxygens (including phenoxy) is 1. The molecule has 10 rings (SSSR count). The van der Waals surface area contributed by atoms with Gasteiger partial charge in [-0.1, -0.05) is 142 Å². The van der Waals surface area contributed by atoms with Crippen LogP contribution in [0, 0.1) is 18.7 Å². The van der Waals surface area contributed by atoms with Gasteiger partial charge < -0.3 is 19.1 Å². The van der Waals surface area contributed by atoms with Crippen molar-refractivity contribution in [1.82, 2.24) is 9.55 Å². The number of pyridine rings is 1. The first-order valence-electron chi connectivity index (χ1n) is 19.8. The van der Waals surface area contributed by atoms with Crippen LogP contribution in [0.3, 0.4) is 0 Å². The topological polar surface area (TPSA) is 33.5 Å². The van der Waals surface area contributed by atoms with Crippen LogP contribution in [0.25, 0.3) is 49.9 Å². The molecular weight excluding hydrogens is 904 g/mol. The predicted octanol–water partition coefficient (Wildman–Crippen LogP) is 13.7. The van der Waals surface area contributed by atoms with Crippen molar-refractivity contribution in [2.45, 2.75) is 26.2 Å². The zero-order chi connectivity index (χ0) is 39.2. The van der Waals surface area contributed by atoms with E-state index in [0.29, 0.717) is 18.0 Å². The first-order valence-corrected chi connectivity index (χ1v) is 19.8. The SMILES string of the molecule is CC(C)(C)c1ccnc(-n2c3[c-]c(Oc4[c-]c(N5[CH-]CN(c6c(-c7ccccc7)cccc6-c6ccccc6)c6ccccc65)ccc4)ccc3c3ccccc32)c1.[Pt]. The number of nitrogens with zero attached hydrogens (tertiary/aromatic N) is 4. The molecule has 5 nitrogen and oxygen atoms in total. The molecule has 0 amide bonds. The zero-order valence-electron chi connectivity index (χ0n) is 33.0. The Balaban J connectivity index is 0.00000449. The fourth-order valence-corrected chi connectivity index (χ4v) is 8.17. The van der Waals surface area contributed by atoms with Crippen LogP contribution in [0.5, 0.6) is 11.5 Å². The van der Waals surface area contributed by atoms with Crippen molar-refractivity contribution in [2.75, 3.05) is 16.3 Å². The van der Waals surface area contributed by atoms with E-state index < -0.39 is 0 Å². The van der Waals surface area contributed by atoms with Gasteiger partial charge in [0.1, 0.15) is 5.82 Å². The third kappa shape index (κ3) is 7.11. The van der Waals surface area contributed by atoms with E-state index in [9.17, 15) is 0 Å². The monoisotopic (exact) mass is 944 g/mol. The Labute approximate surface area is 360 Å². The number of fused-ring (bicyclic) bond motifs is 4. The maximum atomic E-state index is 6.59. The van der Waals surface area contributed by atoms with Gasteiger partial charge in [0.05, 0.1) is 11.4 Å². The molecule has 0 bridgehead atoms. The molecule has 0 saturated heterocycles. The maximum Gasteiger partial charge on any atom is 0.135 e. The average Bonchev–Trinajstić information content (AvgIpc) is 3.60. The fraction of sp³-hybridized carbons (Fsp3) is 0.0943. The summed E-state index contributed by atoms with van der Waals surface area (Å²) in [6.07, 6.45) is 1.90. The van der Waals surface area contributed by atoms with E-state index in [1.165, 1.54) is 33.5 Å². The van der Waals surface area contributed by atoms with E-state index >= 15 is 0 Å². The van der Waals surface area contributed by atoms with Crippen molar-refractivity contribution in [2.24, 2.45) is 0 Å². The molecule has 0 N–H and O–H groups in total. The van der Waals surface area contributed by atoms with Crippen LogP contribution in [0.2, 0.25) is 0 Å². The van der Waals surface area contributed by atoms with Crippen LogP contribution in [0.15, 0.2) is 176 Å². The van der Waals surface area contributed by atoms with E-state index in [0.717, 1.165) is 44.7 Å². The molecule has 292 valence electrons. The number of benzene rings is 7. The minimum atomic E-state index is -0.0162. The van der Waals surface area contributed by atoms with Crippen LogP contribution in [-0.4, -0.2) is 16.1 Å². The Morgan fingerprint density at radius 1 is 0.610 bits per heavy atom. The molecule has 7 aromatic carbocycles. The number of para-hydroxylation sites is 4. The summed E-state index contributed by atoms with van der Waals surface area (Å²) in [5.74, 6) is 2.08. The van der Waals surface area contributed by atoms with Crippen LogP contribution < -0.4 is 14.5 Å². The molecule has 0 unspecified atom stereocenters. The van der Waals surface area contributed by atoms with Crippen molar-refractivity contribution < 1.29 is 25.8 Å². The summed E-state index contributed by atoms with van der Waals surface area (Å²) in [7, 11) is 0. The van der Waals surface area contributed by atoms with Crippen molar-refractivity contribution in [3.63, 3.8) is 0 Å². The molecule has 0 saturated carbocycles. The van der Waals surface area contributed by atoms with Gasteiger partial charge >= 0.3 is 0 Å². The summed E-state index contributed by atoms with van der Waals surface area (Å²) in [6, 6.07) is 66.7. The molecular formula is C53H41N4OPt-3. The van der Waals surface area contributed by atoms with Gasteiger partial charge in [-0.2, -0.15) is 12.1 Å². The quantitative estimate of drug-likeness (QED) is 0.149. The van der Waals surface area contributed by atoms with E-state index in [-0.39, 0.29) is 26.5 Å². The normalized spacial score (nSPS) is 12.7. The van der Waals surface area contributed by atoms with Crippen molar-refractivity contribution >= 4 is 44.6 Å². The number of anilines is 4. The number of rotatable bonds is 7. The second-order valence-corrected chi connectivity index (χ2v) is 15.7. The predicted molar refractivity (Wildman–Crippen MR) is 239 cm³/mol. The van der Waals surface area contributed by atoms with Gasteiger partial charge in [0, 0.05) is 61.1 Å². The Morgan fingerprint density at radius 2 is 1.25 bits per heavy atom. The molecule has 1 aliphatic rings. The van der Waals surface area contributed by atoms with Gasteiger partial charge in [-0.3, -0.25) is 0 Å². The van der Waals surface area contributed by atoms with Crippen molar-refractivity contribution in [3.05, 3.63) is 200 Å². The van der Waals surface area contributed by atoms with Crippen LogP contribution in [0.1, 0.15) is 26.3 Å². The Hall–Kier alpha value is -6.42. The summed E-state index contributed by atoms with van der Waals surface area (Å²) in [6.45, 7) is 9.57. The molecule has 6 heteroatoms. The van der Waals surface area contributed by atoms with Gasteiger partial charge in [-0.25, -0.2) is 11.5 Å². The maximum absolute atomic E-state index is 6.59. The molecule has 0 spiro atoms.